The molecule has 0 spiro atoms. The minimum Gasteiger partial charge on any atom is -0.444 e. The Kier molecular flexibility index (Phi) is 4.82. The smallest absolute Gasteiger partial charge is 0.407 e. The fourth-order valence-corrected chi connectivity index (χ4v) is 2.42. The highest BCUT2D eigenvalue weighted by Crippen LogP contribution is 2.26. The van der Waals surface area contributed by atoms with Crippen molar-refractivity contribution in [3.63, 3.8) is 0 Å². The number of nitriles is 1. The van der Waals surface area contributed by atoms with Crippen molar-refractivity contribution >= 4 is 23.4 Å². The summed E-state index contributed by atoms with van der Waals surface area (Å²) >= 11 is 5.90. The zero-order valence-corrected chi connectivity index (χ0v) is 13.7. The third-order valence-electron chi connectivity index (χ3n) is 3.32. The van der Waals surface area contributed by atoms with Crippen LogP contribution in [0.2, 0.25) is 5.02 Å². The van der Waals surface area contributed by atoms with E-state index in [1.807, 2.05) is 26.8 Å². The van der Waals surface area contributed by atoms with Gasteiger partial charge in [0.25, 0.3) is 0 Å². The number of nitrogens with zero attached hydrogens (tertiary/aromatic N) is 1. The van der Waals surface area contributed by atoms with Crippen LogP contribution in [-0.2, 0) is 4.74 Å². The van der Waals surface area contributed by atoms with Crippen molar-refractivity contribution in [2.45, 2.75) is 51.3 Å². The molecule has 0 saturated heterocycles. The molecule has 0 heterocycles. The van der Waals surface area contributed by atoms with Gasteiger partial charge in [-0.25, -0.2) is 4.79 Å². The SMILES string of the molecule is CC(C)(C)OC(=O)NC1CC(Nc2ccc(Cl)c(C#N)c2)C1. The average molecular weight is 322 g/mol. The summed E-state index contributed by atoms with van der Waals surface area (Å²) in [4.78, 5) is 11.6. The molecule has 1 fully saturated rings. The molecule has 2 N–H and O–H groups in total. The number of anilines is 1. The number of nitrogens with one attached hydrogen (secondary N) is 2. The molecule has 0 unspecified atom stereocenters. The molecule has 1 saturated carbocycles. The number of rotatable bonds is 3. The van der Waals surface area contributed by atoms with Crippen molar-refractivity contribution in [3.05, 3.63) is 28.8 Å². The van der Waals surface area contributed by atoms with Crippen LogP contribution in [0.25, 0.3) is 0 Å². The average Bonchev–Trinajstić information content (AvgIpc) is 2.36. The maximum absolute atomic E-state index is 11.6. The Morgan fingerprint density at radius 2 is 2.05 bits per heavy atom. The zero-order valence-electron chi connectivity index (χ0n) is 12.9. The van der Waals surface area contributed by atoms with Crippen molar-refractivity contribution in [1.29, 1.82) is 5.26 Å². The van der Waals surface area contributed by atoms with Crippen LogP contribution in [-0.4, -0.2) is 23.8 Å². The van der Waals surface area contributed by atoms with Crippen molar-refractivity contribution in [2.75, 3.05) is 5.32 Å². The van der Waals surface area contributed by atoms with Crippen molar-refractivity contribution in [2.24, 2.45) is 0 Å². The molecule has 2 rings (SSSR count). The van der Waals surface area contributed by atoms with Gasteiger partial charge in [0.2, 0.25) is 0 Å². The molecule has 0 aromatic heterocycles. The lowest BCUT2D eigenvalue weighted by Gasteiger charge is -2.37. The molecule has 1 aromatic rings. The molecule has 0 bridgehead atoms. The van der Waals surface area contributed by atoms with E-state index in [1.54, 1.807) is 12.1 Å². The van der Waals surface area contributed by atoms with Gasteiger partial charge in [-0.15, -0.1) is 0 Å². The molecule has 22 heavy (non-hydrogen) atoms. The number of carbonyl (C=O) groups excluding carboxylic acids is 1. The Morgan fingerprint density at radius 3 is 2.64 bits per heavy atom. The second-order valence-electron chi connectivity index (χ2n) is 6.46. The lowest BCUT2D eigenvalue weighted by atomic mass is 9.86. The van der Waals surface area contributed by atoms with E-state index in [1.165, 1.54) is 0 Å². The first-order valence-electron chi connectivity index (χ1n) is 7.22. The topological polar surface area (TPSA) is 74.2 Å². The van der Waals surface area contributed by atoms with E-state index in [4.69, 9.17) is 21.6 Å². The first-order chi connectivity index (χ1) is 10.3. The summed E-state index contributed by atoms with van der Waals surface area (Å²) < 4.78 is 5.22. The largest absolute Gasteiger partial charge is 0.444 e. The Bertz CT molecular complexity index is 598. The molecule has 118 valence electrons. The number of alkyl carbamates (subject to hydrolysis) is 1. The van der Waals surface area contributed by atoms with Crippen molar-refractivity contribution in [3.8, 4) is 6.07 Å². The Hall–Kier alpha value is -1.93. The Labute approximate surface area is 135 Å². The number of carbonyl (C=O) groups is 1. The van der Waals surface area contributed by atoms with Gasteiger partial charge in [-0.1, -0.05) is 11.6 Å². The van der Waals surface area contributed by atoms with E-state index in [0.29, 0.717) is 10.6 Å². The molecule has 6 heteroatoms. The lowest BCUT2D eigenvalue weighted by Crippen LogP contribution is -2.50. The van der Waals surface area contributed by atoms with Gasteiger partial charge in [-0.05, 0) is 51.8 Å². The van der Waals surface area contributed by atoms with Crippen LogP contribution in [0.4, 0.5) is 10.5 Å². The monoisotopic (exact) mass is 321 g/mol. The summed E-state index contributed by atoms with van der Waals surface area (Å²) in [5, 5.41) is 15.6. The van der Waals surface area contributed by atoms with Crippen LogP contribution in [0.15, 0.2) is 18.2 Å². The van der Waals surface area contributed by atoms with Crippen LogP contribution in [0, 0.1) is 11.3 Å². The molecular formula is C16H20ClN3O2. The molecular weight excluding hydrogens is 302 g/mol. The van der Waals surface area contributed by atoms with E-state index < -0.39 is 5.60 Å². The third kappa shape index (κ3) is 4.54. The van der Waals surface area contributed by atoms with Crippen molar-refractivity contribution < 1.29 is 9.53 Å². The van der Waals surface area contributed by atoms with Crippen LogP contribution in [0.3, 0.4) is 0 Å². The summed E-state index contributed by atoms with van der Waals surface area (Å²) in [6.07, 6.45) is 1.27. The fourth-order valence-electron chi connectivity index (χ4n) is 2.26. The third-order valence-corrected chi connectivity index (χ3v) is 3.65. The highest BCUT2D eigenvalue weighted by atomic mass is 35.5. The van der Waals surface area contributed by atoms with Gasteiger partial charge in [0.1, 0.15) is 11.7 Å². The predicted octanol–water partition coefficient (Wildman–Crippen LogP) is 3.68. The minimum absolute atomic E-state index is 0.120. The standard InChI is InChI=1S/C16H20ClN3O2/c1-16(2,3)22-15(21)20-13-7-12(8-13)19-11-4-5-14(17)10(6-11)9-18/h4-6,12-13,19H,7-8H2,1-3H3,(H,20,21). The second kappa shape index (κ2) is 6.45. The molecule has 0 atom stereocenters. The van der Waals surface area contributed by atoms with Gasteiger partial charge in [-0.2, -0.15) is 5.26 Å². The summed E-state index contributed by atoms with van der Waals surface area (Å²) in [6.45, 7) is 5.51. The van der Waals surface area contributed by atoms with Crippen LogP contribution in [0.1, 0.15) is 39.2 Å². The van der Waals surface area contributed by atoms with E-state index in [0.717, 1.165) is 18.5 Å². The van der Waals surface area contributed by atoms with Gasteiger partial charge in [0.15, 0.2) is 0 Å². The van der Waals surface area contributed by atoms with Gasteiger partial charge in [0, 0.05) is 17.8 Å². The highest BCUT2D eigenvalue weighted by Gasteiger charge is 2.31. The molecule has 0 radical (unpaired) electrons. The second-order valence-corrected chi connectivity index (χ2v) is 6.87. The van der Waals surface area contributed by atoms with Crippen LogP contribution < -0.4 is 10.6 Å². The van der Waals surface area contributed by atoms with Crippen molar-refractivity contribution in [1.82, 2.24) is 5.32 Å². The molecule has 1 aliphatic carbocycles. The number of benzene rings is 1. The molecule has 0 aliphatic heterocycles. The van der Waals surface area contributed by atoms with Gasteiger partial charge in [0.05, 0.1) is 10.6 Å². The molecule has 1 aromatic carbocycles. The van der Waals surface area contributed by atoms with Gasteiger partial charge >= 0.3 is 6.09 Å². The number of ether oxygens (including phenoxy) is 1. The predicted molar refractivity (Wildman–Crippen MR) is 86.0 cm³/mol. The maximum Gasteiger partial charge on any atom is 0.407 e. The summed E-state index contributed by atoms with van der Waals surface area (Å²) in [7, 11) is 0. The summed E-state index contributed by atoms with van der Waals surface area (Å²) in [5.41, 5.74) is 0.832. The van der Waals surface area contributed by atoms with E-state index in [9.17, 15) is 4.79 Å². The van der Waals surface area contributed by atoms with Gasteiger partial charge in [-0.3, -0.25) is 0 Å². The quantitative estimate of drug-likeness (QED) is 0.890. The van der Waals surface area contributed by atoms with E-state index in [2.05, 4.69) is 16.7 Å². The van der Waals surface area contributed by atoms with Gasteiger partial charge < -0.3 is 15.4 Å². The number of hydrogen-bond acceptors (Lipinski definition) is 4. The maximum atomic E-state index is 11.6. The number of hydrogen-bond donors (Lipinski definition) is 2. The van der Waals surface area contributed by atoms with E-state index in [-0.39, 0.29) is 18.2 Å². The molecule has 5 nitrogen and oxygen atoms in total. The fraction of sp³-hybridized carbons (Fsp3) is 0.500. The first-order valence-corrected chi connectivity index (χ1v) is 7.60. The summed E-state index contributed by atoms with van der Waals surface area (Å²) in [6, 6.07) is 7.73. The number of halogens is 1. The van der Waals surface area contributed by atoms with Crippen LogP contribution in [0.5, 0.6) is 0 Å². The first kappa shape index (κ1) is 16.4. The minimum atomic E-state index is -0.484. The Balaban J connectivity index is 1.78. The summed E-state index contributed by atoms with van der Waals surface area (Å²) in [5.74, 6) is 0. The zero-order chi connectivity index (χ0) is 16.3. The normalized spacial score (nSPS) is 20.5. The highest BCUT2D eigenvalue weighted by molar-refractivity contribution is 6.31. The Morgan fingerprint density at radius 1 is 1.36 bits per heavy atom. The van der Waals surface area contributed by atoms with Crippen LogP contribution >= 0.6 is 11.6 Å². The number of amides is 1. The lowest BCUT2D eigenvalue weighted by molar-refractivity contribution is 0.0475. The molecule has 1 aliphatic rings. The molecule has 1 amide bonds. The van der Waals surface area contributed by atoms with E-state index >= 15 is 0 Å².